The highest BCUT2D eigenvalue weighted by Gasteiger charge is 2.17. The second kappa shape index (κ2) is 6.73. The predicted octanol–water partition coefficient (Wildman–Crippen LogP) is 3.37. The summed E-state index contributed by atoms with van der Waals surface area (Å²) in [6, 6.07) is 5.80. The first-order valence-electron chi connectivity index (χ1n) is 7.90. The maximum absolute atomic E-state index is 5.20. The van der Waals surface area contributed by atoms with E-state index in [0.29, 0.717) is 12.5 Å². The minimum Gasteiger partial charge on any atom is -0.361 e. The number of anilines is 1. The topological polar surface area (TPSA) is 67.9 Å². The van der Waals surface area contributed by atoms with Crippen LogP contribution in [0.1, 0.15) is 31.7 Å². The van der Waals surface area contributed by atoms with E-state index in [0.717, 1.165) is 41.3 Å². The minimum absolute atomic E-state index is 0.539. The van der Waals surface area contributed by atoms with E-state index < -0.39 is 0 Å². The van der Waals surface area contributed by atoms with Crippen molar-refractivity contribution in [2.75, 3.05) is 11.4 Å². The predicted molar refractivity (Wildman–Crippen MR) is 89.1 cm³/mol. The first kappa shape index (κ1) is 15.4. The second-order valence-corrected chi connectivity index (χ2v) is 5.89. The lowest BCUT2D eigenvalue weighted by Gasteiger charge is -2.26. The molecule has 120 valence electrons. The number of hydrogen-bond donors (Lipinski definition) is 0. The molecule has 0 bridgehead atoms. The van der Waals surface area contributed by atoms with Crippen LogP contribution in [0.25, 0.3) is 11.0 Å². The normalized spacial score (nSPS) is 12.5. The van der Waals surface area contributed by atoms with Crippen molar-refractivity contribution in [2.45, 2.75) is 33.7 Å². The van der Waals surface area contributed by atoms with Crippen molar-refractivity contribution < 1.29 is 4.52 Å². The van der Waals surface area contributed by atoms with Crippen LogP contribution in [0, 0.1) is 12.8 Å². The van der Waals surface area contributed by atoms with Gasteiger partial charge in [-0.2, -0.15) is 0 Å². The van der Waals surface area contributed by atoms with Crippen molar-refractivity contribution in [3.8, 4) is 0 Å². The number of pyridine rings is 1. The van der Waals surface area contributed by atoms with Gasteiger partial charge in [0.05, 0.1) is 12.1 Å². The zero-order valence-corrected chi connectivity index (χ0v) is 13.7. The van der Waals surface area contributed by atoms with Gasteiger partial charge in [-0.05, 0) is 25.0 Å². The van der Waals surface area contributed by atoms with Gasteiger partial charge in [0.15, 0.2) is 5.82 Å². The Morgan fingerprint density at radius 2 is 2.13 bits per heavy atom. The maximum Gasteiger partial charge on any atom is 0.158 e. The van der Waals surface area contributed by atoms with Crippen LogP contribution in [-0.2, 0) is 6.54 Å². The van der Waals surface area contributed by atoms with Gasteiger partial charge in [-0.15, -0.1) is 0 Å². The lowest BCUT2D eigenvalue weighted by atomic mass is 10.1. The molecule has 0 unspecified atom stereocenters. The summed E-state index contributed by atoms with van der Waals surface area (Å²) < 4.78 is 5.20. The van der Waals surface area contributed by atoms with Gasteiger partial charge in [0.25, 0.3) is 0 Å². The fourth-order valence-corrected chi connectivity index (χ4v) is 2.53. The van der Waals surface area contributed by atoms with Crippen LogP contribution in [0.5, 0.6) is 0 Å². The van der Waals surface area contributed by atoms with Crippen molar-refractivity contribution in [2.24, 2.45) is 5.92 Å². The van der Waals surface area contributed by atoms with E-state index in [4.69, 9.17) is 4.52 Å². The standard InChI is InChI=1S/C17H21N5O/c1-4-12(2)9-22(10-14-8-13(3)23-21-14)17-16-15(19-11-20-17)6-5-7-18-16/h5-8,11-12H,4,9-10H2,1-3H3/t12-/m0/s1. The quantitative estimate of drug-likeness (QED) is 0.695. The summed E-state index contributed by atoms with van der Waals surface area (Å²) in [6.07, 6.45) is 4.47. The molecular formula is C17H21N5O. The van der Waals surface area contributed by atoms with Gasteiger partial charge in [0.1, 0.15) is 23.3 Å². The van der Waals surface area contributed by atoms with Crippen molar-refractivity contribution in [3.63, 3.8) is 0 Å². The number of aryl methyl sites for hydroxylation is 1. The molecule has 3 aromatic rings. The molecule has 0 spiro atoms. The van der Waals surface area contributed by atoms with Gasteiger partial charge in [-0.3, -0.25) is 4.98 Å². The zero-order chi connectivity index (χ0) is 16.2. The molecule has 0 aromatic carbocycles. The molecule has 0 radical (unpaired) electrons. The summed E-state index contributed by atoms with van der Waals surface area (Å²) >= 11 is 0. The number of nitrogens with zero attached hydrogens (tertiary/aromatic N) is 5. The van der Waals surface area contributed by atoms with Crippen LogP contribution >= 0.6 is 0 Å². The first-order chi connectivity index (χ1) is 11.2. The summed E-state index contributed by atoms with van der Waals surface area (Å²) in [5.41, 5.74) is 2.56. The largest absolute Gasteiger partial charge is 0.361 e. The molecule has 3 heterocycles. The van der Waals surface area contributed by atoms with E-state index in [1.165, 1.54) is 0 Å². The van der Waals surface area contributed by atoms with Gasteiger partial charge in [-0.25, -0.2) is 9.97 Å². The fraction of sp³-hybridized carbons (Fsp3) is 0.412. The third kappa shape index (κ3) is 3.47. The summed E-state index contributed by atoms with van der Waals surface area (Å²) in [5.74, 6) is 2.20. The van der Waals surface area contributed by atoms with Crippen molar-refractivity contribution in [1.82, 2.24) is 20.1 Å². The molecule has 0 saturated heterocycles. The lowest BCUT2D eigenvalue weighted by molar-refractivity contribution is 0.389. The Balaban J connectivity index is 1.98. The highest BCUT2D eigenvalue weighted by Crippen LogP contribution is 2.23. The minimum atomic E-state index is 0.539. The molecule has 0 amide bonds. The van der Waals surface area contributed by atoms with Crippen LogP contribution < -0.4 is 4.90 Å². The summed E-state index contributed by atoms with van der Waals surface area (Å²) in [6.45, 7) is 7.85. The van der Waals surface area contributed by atoms with Crippen LogP contribution in [0.3, 0.4) is 0 Å². The Morgan fingerprint density at radius 3 is 2.87 bits per heavy atom. The highest BCUT2D eigenvalue weighted by atomic mass is 16.5. The Bertz CT molecular complexity index is 780. The van der Waals surface area contributed by atoms with Crippen molar-refractivity contribution in [3.05, 3.63) is 42.2 Å². The zero-order valence-electron chi connectivity index (χ0n) is 13.7. The number of fused-ring (bicyclic) bond motifs is 1. The Hall–Kier alpha value is -2.50. The Morgan fingerprint density at radius 1 is 1.26 bits per heavy atom. The second-order valence-electron chi connectivity index (χ2n) is 5.89. The van der Waals surface area contributed by atoms with E-state index >= 15 is 0 Å². The fourth-order valence-electron chi connectivity index (χ4n) is 2.53. The molecule has 3 aromatic heterocycles. The molecule has 6 heteroatoms. The van der Waals surface area contributed by atoms with E-state index in [9.17, 15) is 0 Å². The van der Waals surface area contributed by atoms with E-state index in [2.05, 4.69) is 38.9 Å². The van der Waals surface area contributed by atoms with Crippen molar-refractivity contribution in [1.29, 1.82) is 0 Å². The van der Waals surface area contributed by atoms with Gasteiger partial charge in [-0.1, -0.05) is 25.4 Å². The number of aromatic nitrogens is 4. The smallest absolute Gasteiger partial charge is 0.158 e. The average molecular weight is 311 g/mol. The van der Waals surface area contributed by atoms with Crippen LogP contribution in [-0.4, -0.2) is 26.7 Å². The summed E-state index contributed by atoms with van der Waals surface area (Å²) in [5, 5.41) is 4.11. The summed E-state index contributed by atoms with van der Waals surface area (Å²) in [7, 11) is 0. The van der Waals surface area contributed by atoms with Crippen LogP contribution in [0.4, 0.5) is 5.82 Å². The molecule has 6 nitrogen and oxygen atoms in total. The van der Waals surface area contributed by atoms with E-state index in [1.807, 2.05) is 25.1 Å². The molecule has 1 atom stereocenters. The average Bonchev–Trinajstić information content (AvgIpc) is 2.98. The molecule has 3 rings (SSSR count). The molecule has 0 saturated carbocycles. The SMILES string of the molecule is CC[C@H](C)CN(Cc1cc(C)on1)c1ncnc2cccnc12. The van der Waals surface area contributed by atoms with Crippen LogP contribution in [0.15, 0.2) is 35.2 Å². The van der Waals surface area contributed by atoms with Crippen molar-refractivity contribution >= 4 is 16.9 Å². The molecule has 0 fully saturated rings. The van der Waals surface area contributed by atoms with Gasteiger partial charge in [0.2, 0.25) is 0 Å². The molecule has 0 aliphatic heterocycles. The van der Waals surface area contributed by atoms with Gasteiger partial charge >= 0.3 is 0 Å². The summed E-state index contributed by atoms with van der Waals surface area (Å²) in [4.78, 5) is 15.5. The molecular weight excluding hydrogens is 290 g/mol. The monoisotopic (exact) mass is 311 g/mol. The number of hydrogen-bond acceptors (Lipinski definition) is 6. The van der Waals surface area contributed by atoms with E-state index in [-0.39, 0.29) is 0 Å². The molecule has 0 aliphatic carbocycles. The highest BCUT2D eigenvalue weighted by molar-refractivity contribution is 5.84. The molecule has 0 N–H and O–H groups in total. The third-order valence-corrected chi connectivity index (χ3v) is 3.93. The Labute approximate surface area is 135 Å². The maximum atomic E-state index is 5.20. The number of rotatable bonds is 6. The van der Waals surface area contributed by atoms with E-state index in [1.54, 1.807) is 12.5 Å². The Kier molecular flexibility index (Phi) is 4.50. The van der Waals surface area contributed by atoms with Crippen LogP contribution in [0.2, 0.25) is 0 Å². The van der Waals surface area contributed by atoms with Gasteiger partial charge in [0, 0.05) is 18.8 Å². The molecule has 23 heavy (non-hydrogen) atoms. The lowest BCUT2D eigenvalue weighted by Crippen LogP contribution is -2.29. The first-order valence-corrected chi connectivity index (χ1v) is 7.90. The van der Waals surface area contributed by atoms with Gasteiger partial charge < -0.3 is 9.42 Å². The third-order valence-electron chi connectivity index (χ3n) is 3.93. The molecule has 0 aliphatic rings.